The van der Waals surface area contributed by atoms with Gasteiger partial charge in [0.2, 0.25) is 5.91 Å². The van der Waals surface area contributed by atoms with Crippen LogP contribution in [-0.4, -0.2) is 12.5 Å². The summed E-state index contributed by atoms with van der Waals surface area (Å²) in [6, 6.07) is 2.05. The fourth-order valence-corrected chi connectivity index (χ4v) is 2.51. The molecule has 0 saturated heterocycles. The molecule has 1 unspecified atom stereocenters. The number of carbonyl (C=O) groups is 1. The maximum Gasteiger partial charge on any atom is 0.237 e. The first-order valence-electron chi connectivity index (χ1n) is 6.35. The minimum absolute atomic E-state index is 0.0928. The van der Waals surface area contributed by atoms with E-state index in [0.717, 1.165) is 13.0 Å². The van der Waals surface area contributed by atoms with Crippen molar-refractivity contribution in [3.63, 3.8) is 0 Å². The fraction of sp³-hybridized carbons (Fsp3) is 0.846. The third kappa shape index (κ3) is 2.98. The van der Waals surface area contributed by atoms with Crippen molar-refractivity contribution in [2.24, 2.45) is 11.3 Å². The number of hydrogen-bond donors (Lipinski definition) is 1. The van der Waals surface area contributed by atoms with Gasteiger partial charge in [0, 0.05) is 6.54 Å². The highest BCUT2D eigenvalue weighted by molar-refractivity contribution is 5.80. The summed E-state index contributed by atoms with van der Waals surface area (Å²) in [6.45, 7) is 4.82. The van der Waals surface area contributed by atoms with Crippen LogP contribution in [0.5, 0.6) is 0 Å². The molecule has 90 valence electrons. The van der Waals surface area contributed by atoms with Gasteiger partial charge in [-0.25, -0.2) is 0 Å². The molecular formula is C13H22N2O. The molecule has 1 saturated carbocycles. The average Bonchev–Trinajstić information content (AvgIpc) is 2.77. The molecule has 1 aliphatic rings. The van der Waals surface area contributed by atoms with Gasteiger partial charge in [-0.1, -0.05) is 26.7 Å². The summed E-state index contributed by atoms with van der Waals surface area (Å²) in [5.41, 5.74) is 0.309. The lowest BCUT2D eigenvalue weighted by Crippen LogP contribution is -2.38. The highest BCUT2D eigenvalue weighted by Crippen LogP contribution is 2.40. The highest BCUT2D eigenvalue weighted by Gasteiger charge is 2.32. The first-order valence-corrected chi connectivity index (χ1v) is 6.35. The minimum atomic E-state index is -0.477. The van der Waals surface area contributed by atoms with Gasteiger partial charge >= 0.3 is 0 Å². The SMILES string of the molecule is CCC(C#N)C(=O)NCC1(CC)CCCC1. The molecular weight excluding hydrogens is 200 g/mol. The Labute approximate surface area is 98.2 Å². The average molecular weight is 222 g/mol. The summed E-state index contributed by atoms with van der Waals surface area (Å²) in [5.74, 6) is -0.569. The van der Waals surface area contributed by atoms with Crippen molar-refractivity contribution in [2.75, 3.05) is 6.54 Å². The molecule has 0 aliphatic heterocycles. The quantitative estimate of drug-likeness (QED) is 0.777. The predicted octanol–water partition coefficient (Wildman–Crippen LogP) is 2.62. The zero-order valence-electron chi connectivity index (χ0n) is 10.4. The Hall–Kier alpha value is -1.04. The van der Waals surface area contributed by atoms with Crippen molar-refractivity contribution in [1.29, 1.82) is 5.26 Å². The van der Waals surface area contributed by atoms with Crippen molar-refractivity contribution in [2.45, 2.75) is 52.4 Å². The van der Waals surface area contributed by atoms with Crippen LogP contribution in [0, 0.1) is 22.7 Å². The summed E-state index contributed by atoms with van der Waals surface area (Å²) in [5, 5.41) is 11.8. The van der Waals surface area contributed by atoms with Crippen LogP contribution in [0.3, 0.4) is 0 Å². The Morgan fingerprint density at radius 3 is 2.50 bits per heavy atom. The zero-order chi connectivity index (χ0) is 12.0. The van der Waals surface area contributed by atoms with Crippen molar-refractivity contribution >= 4 is 5.91 Å². The molecule has 3 nitrogen and oxygen atoms in total. The van der Waals surface area contributed by atoms with Crippen molar-refractivity contribution < 1.29 is 4.79 Å². The maximum atomic E-state index is 11.7. The second-order valence-electron chi connectivity index (χ2n) is 4.87. The number of nitrogens with one attached hydrogen (secondary N) is 1. The first-order chi connectivity index (χ1) is 7.67. The van der Waals surface area contributed by atoms with Crippen LogP contribution in [0.25, 0.3) is 0 Å². The molecule has 1 N–H and O–H groups in total. The van der Waals surface area contributed by atoms with Gasteiger partial charge in [-0.2, -0.15) is 5.26 Å². The smallest absolute Gasteiger partial charge is 0.237 e. The van der Waals surface area contributed by atoms with E-state index in [1.807, 2.05) is 13.0 Å². The maximum absolute atomic E-state index is 11.7. The van der Waals surface area contributed by atoms with E-state index >= 15 is 0 Å². The van der Waals surface area contributed by atoms with Crippen molar-refractivity contribution in [1.82, 2.24) is 5.32 Å². The van der Waals surface area contributed by atoms with E-state index in [4.69, 9.17) is 5.26 Å². The lowest BCUT2D eigenvalue weighted by atomic mass is 9.83. The Kier molecular flexibility index (Phi) is 4.79. The number of carbonyl (C=O) groups excluding carboxylic acids is 1. The monoisotopic (exact) mass is 222 g/mol. The second-order valence-corrected chi connectivity index (χ2v) is 4.87. The van der Waals surface area contributed by atoms with E-state index in [0.29, 0.717) is 11.8 Å². The van der Waals surface area contributed by atoms with E-state index in [2.05, 4.69) is 12.2 Å². The first kappa shape index (κ1) is 13.0. The van der Waals surface area contributed by atoms with E-state index < -0.39 is 5.92 Å². The lowest BCUT2D eigenvalue weighted by Gasteiger charge is -2.28. The van der Waals surface area contributed by atoms with Gasteiger partial charge in [-0.05, 0) is 31.1 Å². The van der Waals surface area contributed by atoms with Crippen molar-refractivity contribution in [3.05, 3.63) is 0 Å². The van der Waals surface area contributed by atoms with Crippen LogP contribution in [0.2, 0.25) is 0 Å². The molecule has 0 aromatic heterocycles. The van der Waals surface area contributed by atoms with Crippen LogP contribution < -0.4 is 5.32 Å². The number of rotatable bonds is 5. The molecule has 1 atom stereocenters. The summed E-state index contributed by atoms with van der Waals surface area (Å²) < 4.78 is 0. The Morgan fingerprint density at radius 1 is 1.44 bits per heavy atom. The molecule has 1 fully saturated rings. The van der Waals surface area contributed by atoms with Crippen LogP contribution in [0.4, 0.5) is 0 Å². The highest BCUT2D eigenvalue weighted by atomic mass is 16.1. The van der Waals surface area contributed by atoms with Gasteiger partial charge in [0.15, 0.2) is 0 Å². The molecule has 1 rings (SSSR count). The zero-order valence-corrected chi connectivity index (χ0v) is 10.4. The molecule has 0 aromatic carbocycles. The lowest BCUT2D eigenvalue weighted by molar-refractivity contribution is -0.124. The Bertz CT molecular complexity index is 274. The molecule has 0 aromatic rings. The standard InChI is InChI=1S/C13H22N2O/c1-3-11(9-14)12(16)15-10-13(4-2)7-5-6-8-13/h11H,3-8,10H2,1-2H3,(H,15,16). The number of nitriles is 1. The number of nitrogens with zero attached hydrogens (tertiary/aromatic N) is 1. The fourth-order valence-electron chi connectivity index (χ4n) is 2.51. The molecule has 0 radical (unpaired) electrons. The van der Waals surface area contributed by atoms with E-state index in [1.54, 1.807) is 0 Å². The minimum Gasteiger partial charge on any atom is -0.354 e. The second kappa shape index (κ2) is 5.89. The number of hydrogen-bond acceptors (Lipinski definition) is 2. The van der Waals surface area contributed by atoms with Gasteiger partial charge in [0.1, 0.15) is 5.92 Å². The van der Waals surface area contributed by atoms with Crippen LogP contribution in [-0.2, 0) is 4.79 Å². The van der Waals surface area contributed by atoms with Crippen LogP contribution in [0.1, 0.15) is 52.4 Å². The predicted molar refractivity (Wildman–Crippen MR) is 63.6 cm³/mol. The molecule has 0 spiro atoms. The number of amides is 1. The Balaban J connectivity index is 2.44. The van der Waals surface area contributed by atoms with E-state index in [-0.39, 0.29) is 5.91 Å². The molecule has 1 aliphatic carbocycles. The summed E-state index contributed by atoms with van der Waals surface area (Å²) in [7, 11) is 0. The third-order valence-electron chi connectivity index (χ3n) is 3.93. The molecule has 1 amide bonds. The summed E-state index contributed by atoms with van der Waals surface area (Å²) in [6.07, 6.45) is 6.71. The van der Waals surface area contributed by atoms with Gasteiger partial charge in [-0.3, -0.25) is 4.79 Å². The van der Waals surface area contributed by atoms with Gasteiger partial charge in [0.25, 0.3) is 0 Å². The summed E-state index contributed by atoms with van der Waals surface area (Å²) >= 11 is 0. The van der Waals surface area contributed by atoms with Gasteiger partial charge in [-0.15, -0.1) is 0 Å². The molecule has 0 heterocycles. The van der Waals surface area contributed by atoms with E-state index in [9.17, 15) is 4.79 Å². The largest absolute Gasteiger partial charge is 0.354 e. The Morgan fingerprint density at radius 2 is 2.06 bits per heavy atom. The van der Waals surface area contributed by atoms with Crippen molar-refractivity contribution in [3.8, 4) is 6.07 Å². The van der Waals surface area contributed by atoms with Crippen LogP contribution >= 0.6 is 0 Å². The van der Waals surface area contributed by atoms with Crippen LogP contribution in [0.15, 0.2) is 0 Å². The van der Waals surface area contributed by atoms with E-state index in [1.165, 1.54) is 25.7 Å². The molecule has 0 bridgehead atoms. The normalized spacial score (nSPS) is 20.1. The summed E-state index contributed by atoms with van der Waals surface area (Å²) in [4.78, 5) is 11.7. The topological polar surface area (TPSA) is 52.9 Å². The third-order valence-corrected chi connectivity index (χ3v) is 3.93. The molecule has 3 heteroatoms. The molecule has 16 heavy (non-hydrogen) atoms. The van der Waals surface area contributed by atoms with Gasteiger partial charge in [0.05, 0.1) is 6.07 Å². The van der Waals surface area contributed by atoms with Gasteiger partial charge < -0.3 is 5.32 Å².